The molecule has 0 amide bonds. The van der Waals surface area contributed by atoms with Crippen LogP contribution in [0.15, 0.2) is 33.9 Å². The van der Waals surface area contributed by atoms with E-state index in [1.54, 1.807) is 30.1 Å². The third-order valence-corrected chi connectivity index (χ3v) is 7.86. The number of nitriles is 1. The zero-order valence-electron chi connectivity index (χ0n) is 22.9. The maximum Gasteiger partial charge on any atom is 0.316 e. The molecule has 1 aliphatic rings. The lowest BCUT2D eigenvalue weighted by Crippen LogP contribution is -2.53. The lowest BCUT2D eigenvalue weighted by atomic mass is 9.84. The fourth-order valence-electron chi connectivity index (χ4n) is 5.15. The second-order valence-electron chi connectivity index (χ2n) is 10.2. The Morgan fingerprint density at radius 2 is 1.98 bits per heavy atom. The van der Waals surface area contributed by atoms with Crippen LogP contribution in [0.25, 0.3) is 11.0 Å². The number of nitrogens with zero attached hydrogens (tertiary/aromatic N) is 5. The van der Waals surface area contributed by atoms with E-state index in [0.29, 0.717) is 16.7 Å². The van der Waals surface area contributed by atoms with Gasteiger partial charge in [0.25, 0.3) is 5.92 Å². The molecule has 0 aliphatic carbocycles. The molecule has 1 aliphatic heterocycles. The van der Waals surface area contributed by atoms with E-state index in [9.17, 15) is 33.8 Å². The molecule has 1 unspecified atom stereocenters. The SMILES string of the molecule is CNC(O)CCn1c(=O)c(=O)n(C)c2ccc(Nc3nc(N4C[C@H](CCO)C(F)(F)[C@H](C)C4)c(C#N)cc3Cl)cc21. The van der Waals surface area contributed by atoms with Crippen LogP contribution in [0.4, 0.5) is 26.1 Å². The van der Waals surface area contributed by atoms with Gasteiger partial charge < -0.3 is 29.6 Å². The quantitative estimate of drug-likeness (QED) is 0.217. The lowest BCUT2D eigenvalue weighted by molar-refractivity contribution is -0.116. The maximum absolute atomic E-state index is 14.8. The molecule has 3 heterocycles. The third kappa shape index (κ3) is 5.92. The minimum atomic E-state index is -2.98. The van der Waals surface area contributed by atoms with Crippen LogP contribution in [0.3, 0.4) is 0 Å². The summed E-state index contributed by atoms with van der Waals surface area (Å²) in [5.74, 6) is -4.80. The normalized spacial score (nSPS) is 19.2. The zero-order valence-corrected chi connectivity index (χ0v) is 23.6. The van der Waals surface area contributed by atoms with Crippen LogP contribution < -0.4 is 26.7 Å². The van der Waals surface area contributed by atoms with Crippen molar-refractivity contribution < 1.29 is 19.0 Å². The molecule has 14 heteroatoms. The molecule has 0 radical (unpaired) electrons. The number of rotatable bonds is 9. The molecular weight excluding hydrogens is 560 g/mol. The first-order valence-electron chi connectivity index (χ1n) is 13.1. The van der Waals surface area contributed by atoms with Gasteiger partial charge in [0.1, 0.15) is 18.1 Å². The minimum Gasteiger partial charge on any atom is -0.396 e. The first kappa shape index (κ1) is 30.4. The molecule has 1 saturated heterocycles. The van der Waals surface area contributed by atoms with Gasteiger partial charge in [-0.1, -0.05) is 18.5 Å². The number of hydrogen-bond donors (Lipinski definition) is 4. The Balaban J connectivity index is 1.74. The standard InChI is InChI=1S/C27H32ClF2N7O4/c1-15-13-36(14-17(7-9-38)27(15,29)30)24-16(12-31)10-19(28)23(34-24)33-18-4-5-20-21(11-18)37(8-6-22(39)32-2)26(41)25(40)35(20)3/h4-5,10-11,15,17,22,32,38-39H,6-9,13-14H2,1-3H3,(H,33,34)/t15-,17+,22?/m1/s1. The zero-order chi connectivity index (χ0) is 30.1. The second kappa shape index (κ2) is 12.1. The van der Waals surface area contributed by atoms with Crippen LogP contribution >= 0.6 is 11.6 Å². The van der Waals surface area contributed by atoms with E-state index in [0.717, 1.165) is 0 Å². The highest BCUT2D eigenvalue weighted by Gasteiger charge is 2.49. The first-order chi connectivity index (χ1) is 19.4. The van der Waals surface area contributed by atoms with E-state index < -0.39 is 35.1 Å². The van der Waals surface area contributed by atoms with Gasteiger partial charge in [0, 0.05) is 57.2 Å². The average molecular weight is 592 g/mol. The Kier molecular flexibility index (Phi) is 8.98. The van der Waals surface area contributed by atoms with Crippen molar-refractivity contribution in [3.63, 3.8) is 0 Å². The van der Waals surface area contributed by atoms with Gasteiger partial charge in [-0.25, -0.2) is 13.8 Å². The fourth-order valence-corrected chi connectivity index (χ4v) is 5.35. The number of halogens is 3. The minimum absolute atomic E-state index is 0.0492. The van der Waals surface area contributed by atoms with Crippen LogP contribution in [0.1, 0.15) is 25.3 Å². The molecule has 0 bridgehead atoms. The van der Waals surface area contributed by atoms with E-state index >= 15 is 0 Å². The number of nitrogens with one attached hydrogen (secondary N) is 2. The summed E-state index contributed by atoms with van der Waals surface area (Å²) in [6.07, 6.45) is -0.800. The topological polar surface area (TPSA) is 148 Å². The predicted octanol–water partition coefficient (Wildman–Crippen LogP) is 2.38. The Bertz CT molecular complexity index is 1600. The van der Waals surface area contributed by atoms with Crippen LogP contribution in [-0.2, 0) is 13.6 Å². The number of pyridine rings is 1. The smallest absolute Gasteiger partial charge is 0.316 e. The third-order valence-electron chi connectivity index (χ3n) is 7.57. The number of aryl methyl sites for hydroxylation is 2. The average Bonchev–Trinajstić information content (AvgIpc) is 2.95. The summed E-state index contributed by atoms with van der Waals surface area (Å²) in [6.45, 7) is 0.958. The molecule has 41 heavy (non-hydrogen) atoms. The molecule has 0 spiro atoms. The number of hydrogen-bond acceptors (Lipinski definition) is 9. The first-order valence-corrected chi connectivity index (χ1v) is 13.5. The maximum atomic E-state index is 14.8. The van der Waals surface area contributed by atoms with Crippen molar-refractivity contribution in [1.29, 1.82) is 5.26 Å². The number of fused-ring (bicyclic) bond motifs is 1. The monoisotopic (exact) mass is 591 g/mol. The Labute approximate surface area is 239 Å². The Morgan fingerprint density at radius 3 is 2.63 bits per heavy atom. The summed E-state index contributed by atoms with van der Waals surface area (Å²) in [6, 6.07) is 8.39. The molecule has 11 nitrogen and oxygen atoms in total. The molecule has 3 aromatic rings. The lowest BCUT2D eigenvalue weighted by Gasteiger charge is -2.43. The summed E-state index contributed by atoms with van der Waals surface area (Å²) in [7, 11) is 3.06. The molecule has 1 aromatic carbocycles. The van der Waals surface area contributed by atoms with E-state index in [1.165, 1.54) is 29.2 Å². The van der Waals surface area contributed by atoms with Crippen molar-refractivity contribution in [2.45, 2.75) is 38.5 Å². The van der Waals surface area contributed by atoms with Gasteiger partial charge in [0.2, 0.25) is 0 Å². The molecule has 2 aromatic heterocycles. The van der Waals surface area contributed by atoms with Crippen LogP contribution in [0.2, 0.25) is 5.02 Å². The number of piperidine rings is 1. The van der Waals surface area contributed by atoms with Crippen LogP contribution in [-0.4, -0.2) is 63.2 Å². The molecule has 220 valence electrons. The summed E-state index contributed by atoms with van der Waals surface area (Å²) >= 11 is 6.46. The van der Waals surface area contributed by atoms with E-state index in [4.69, 9.17) is 11.6 Å². The highest BCUT2D eigenvalue weighted by Crippen LogP contribution is 2.42. The molecule has 1 fully saturated rings. The van der Waals surface area contributed by atoms with Gasteiger partial charge in [0.15, 0.2) is 5.82 Å². The van der Waals surface area contributed by atoms with Crippen molar-refractivity contribution in [2.75, 3.05) is 37.0 Å². The molecular formula is C27H32ClF2N7O4. The largest absolute Gasteiger partial charge is 0.396 e. The molecule has 0 saturated carbocycles. The highest BCUT2D eigenvalue weighted by atomic mass is 35.5. The van der Waals surface area contributed by atoms with E-state index in [-0.39, 0.29) is 61.3 Å². The van der Waals surface area contributed by atoms with Crippen molar-refractivity contribution in [2.24, 2.45) is 18.9 Å². The number of aliphatic hydroxyl groups is 2. The van der Waals surface area contributed by atoms with Gasteiger partial charge in [-0.2, -0.15) is 5.26 Å². The predicted molar refractivity (Wildman–Crippen MR) is 152 cm³/mol. The van der Waals surface area contributed by atoms with Gasteiger partial charge in [-0.3, -0.25) is 14.9 Å². The van der Waals surface area contributed by atoms with Gasteiger partial charge in [-0.05, 0) is 37.7 Å². The number of anilines is 3. The molecule has 3 atom stereocenters. The molecule has 4 N–H and O–H groups in total. The number of aromatic nitrogens is 3. The Hall–Kier alpha value is -3.57. The summed E-state index contributed by atoms with van der Waals surface area (Å²) in [5, 5.41) is 34.9. The van der Waals surface area contributed by atoms with Crippen molar-refractivity contribution in [3.8, 4) is 6.07 Å². The fraction of sp³-hybridized carbons (Fsp3) is 0.481. The number of benzene rings is 1. The van der Waals surface area contributed by atoms with E-state index in [1.807, 2.05) is 6.07 Å². The highest BCUT2D eigenvalue weighted by molar-refractivity contribution is 6.33. The van der Waals surface area contributed by atoms with E-state index in [2.05, 4.69) is 15.6 Å². The molecule has 4 rings (SSSR count). The van der Waals surface area contributed by atoms with Crippen LogP contribution in [0, 0.1) is 23.2 Å². The summed E-state index contributed by atoms with van der Waals surface area (Å²) in [5.41, 5.74) is 0.0303. The van der Waals surface area contributed by atoms with Crippen LogP contribution in [0.5, 0.6) is 0 Å². The number of alkyl halides is 2. The van der Waals surface area contributed by atoms with Crippen molar-refractivity contribution >= 4 is 40.0 Å². The van der Waals surface area contributed by atoms with Crippen molar-refractivity contribution in [3.05, 3.63) is 55.6 Å². The second-order valence-corrected chi connectivity index (χ2v) is 10.6. The summed E-state index contributed by atoms with van der Waals surface area (Å²) < 4.78 is 32.1. The van der Waals surface area contributed by atoms with Gasteiger partial charge in [-0.15, -0.1) is 0 Å². The van der Waals surface area contributed by atoms with Gasteiger partial charge in [0.05, 0.1) is 21.6 Å². The van der Waals surface area contributed by atoms with Gasteiger partial charge >= 0.3 is 11.1 Å². The number of aliphatic hydroxyl groups excluding tert-OH is 2. The summed E-state index contributed by atoms with van der Waals surface area (Å²) in [4.78, 5) is 31.5. The Morgan fingerprint density at radius 1 is 1.24 bits per heavy atom. The van der Waals surface area contributed by atoms with Crippen molar-refractivity contribution in [1.82, 2.24) is 19.4 Å².